The molecule has 22 heavy (non-hydrogen) atoms. The Balaban J connectivity index is 2.01. The smallest absolute Gasteiger partial charge is 0.258 e. The number of anilines is 1. The summed E-state index contributed by atoms with van der Waals surface area (Å²) in [7, 11) is 0. The lowest BCUT2D eigenvalue weighted by Crippen LogP contribution is -2.20. The summed E-state index contributed by atoms with van der Waals surface area (Å²) in [6.07, 6.45) is 1.87. The van der Waals surface area contributed by atoms with E-state index in [1.807, 2.05) is 48.7 Å². The number of nitrogen functional groups attached to an aromatic ring is 1. The maximum atomic E-state index is 12.6. The first-order valence-electron chi connectivity index (χ1n) is 7.52. The maximum Gasteiger partial charge on any atom is 0.258 e. The van der Waals surface area contributed by atoms with E-state index in [9.17, 15) is 4.79 Å². The van der Waals surface area contributed by atoms with Gasteiger partial charge in [0, 0.05) is 17.3 Å². The Bertz CT molecular complexity index is 861. The maximum absolute atomic E-state index is 12.6. The van der Waals surface area contributed by atoms with E-state index < -0.39 is 0 Å². The number of nitrogens with two attached hydrogens (primary N) is 1. The summed E-state index contributed by atoms with van der Waals surface area (Å²) in [5, 5.41) is 1.77. The van der Waals surface area contributed by atoms with Crippen molar-refractivity contribution >= 4 is 16.5 Å². The monoisotopic (exact) mass is 292 g/mol. The predicted molar refractivity (Wildman–Crippen MR) is 92.3 cm³/mol. The van der Waals surface area contributed by atoms with Gasteiger partial charge in [0.2, 0.25) is 0 Å². The van der Waals surface area contributed by atoms with Crippen LogP contribution in [-0.2, 0) is 6.54 Å². The molecule has 3 nitrogen and oxygen atoms in total. The molecule has 0 atom stereocenters. The molecular formula is C19H20N2O. The van der Waals surface area contributed by atoms with Gasteiger partial charge in [-0.05, 0) is 46.7 Å². The standard InChI is InChI=1S/C19H20N2O/c1-13(2)15-5-8-18-16(11-15)9-10-21(19(18)22)12-14-3-6-17(20)7-4-14/h3-11,13H,12,20H2,1-2H3. The molecule has 0 aliphatic rings. The van der Waals surface area contributed by atoms with Gasteiger partial charge in [-0.15, -0.1) is 0 Å². The van der Waals surface area contributed by atoms with Crippen LogP contribution in [0.2, 0.25) is 0 Å². The summed E-state index contributed by atoms with van der Waals surface area (Å²) in [5.41, 5.74) is 8.79. The normalized spacial score (nSPS) is 11.2. The molecule has 0 aliphatic heterocycles. The van der Waals surface area contributed by atoms with Gasteiger partial charge in [0.25, 0.3) is 5.56 Å². The number of fused-ring (bicyclic) bond motifs is 1. The van der Waals surface area contributed by atoms with Crippen LogP contribution < -0.4 is 11.3 Å². The lowest BCUT2D eigenvalue weighted by Gasteiger charge is -2.10. The van der Waals surface area contributed by atoms with Gasteiger partial charge < -0.3 is 10.3 Å². The Hall–Kier alpha value is -2.55. The summed E-state index contributed by atoms with van der Waals surface area (Å²) in [5.74, 6) is 0.460. The second-order valence-electron chi connectivity index (χ2n) is 5.99. The summed E-state index contributed by atoms with van der Waals surface area (Å²) in [6.45, 7) is 4.87. The molecule has 3 heteroatoms. The molecule has 0 spiro atoms. The molecule has 2 aromatic carbocycles. The average molecular weight is 292 g/mol. The fourth-order valence-corrected chi connectivity index (χ4v) is 2.61. The second-order valence-corrected chi connectivity index (χ2v) is 5.99. The highest BCUT2D eigenvalue weighted by Gasteiger charge is 2.06. The minimum absolute atomic E-state index is 0.0460. The number of benzene rings is 2. The molecule has 0 aliphatic carbocycles. The van der Waals surface area contributed by atoms with Gasteiger partial charge in [-0.1, -0.05) is 38.1 Å². The van der Waals surface area contributed by atoms with E-state index in [1.54, 1.807) is 4.57 Å². The quantitative estimate of drug-likeness (QED) is 0.747. The van der Waals surface area contributed by atoms with Gasteiger partial charge in [-0.25, -0.2) is 0 Å². The zero-order valence-electron chi connectivity index (χ0n) is 12.9. The number of hydrogen-bond donors (Lipinski definition) is 1. The molecule has 3 aromatic rings. The van der Waals surface area contributed by atoms with Crippen molar-refractivity contribution in [2.24, 2.45) is 0 Å². The molecule has 3 rings (SSSR count). The van der Waals surface area contributed by atoms with E-state index in [0.29, 0.717) is 12.5 Å². The minimum Gasteiger partial charge on any atom is -0.399 e. The van der Waals surface area contributed by atoms with Crippen molar-refractivity contribution in [3.63, 3.8) is 0 Å². The second kappa shape index (κ2) is 5.68. The molecule has 0 saturated carbocycles. The summed E-state index contributed by atoms with van der Waals surface area (Å²) < 4.78 is 1.74. The lowest BCUT2D eigenvalue weighted by molar-refractivity contribution is 0.768. The van der Waals surface area contributed by atoms with Crippen molar-refractivity contribution < 1.29 is 0 Å². The van der Waals surface area contributed by atoms with Crippen LogP contribution in [-0.4, -0.2) is 4.57 Å². The van der Waals surface area contributed by atoms with Crippen LogP contribution in [0.3, 0.4) is 0 Å². The topological polar surface area (TPSA) is 48.0 Å². The number of aromatic nitrogens is 1. The van der Waals surface area contributed by atoms with Crippen LogP contribution in [0.1, 0.15) is 30.9 Å². The van der Waals surface area contributed by atoms with Gasteiger partial charge in [-0.3, -0.25) is 4.79 Å². The fraction of sp³-hybridized carbons (Fsp3) is 0.211. The van der Waals surface area contributed by atoms with Gasteiger partial charge in [0.05, 0.1) is 6.54 Å². The van der Waals surface area contributed by atoms with E-state index in [0.717, 1.165) is 22.0 Å². The Morgan fingerprint density at radius 1 is 1.05 bits per heavy atom. The van der Waals surface area contributed by atoms with Crippen LogP contribution in [0.5, 0.6) is 0 Å². The van der Waals surface area contributed by atoms with Crippen molar-refractivity contribution in [2.45, 2.75) is 26.3 Å². The van der Waals surface area contributed by atoms with Crippen molar-refractivity contribution in [3.8, 4) is 0 Å². The Kier molecular flexibility index (Phi) is 3.72. The summed E-state index contributed by atoms with van der Waals surface area (Å²) in [4.78, 5) is 12.6. The molecule has 0 amide bonds. The van der Waals surface area contributed by atoms with Gasteiger partial charge in [-0.2, -0.15) is 0 Å². The molecule has 2 N–H and O–H groups in total. The third-order valence-corrected chi connectivity index (χ3v) is 4.00. The van der Waals surface area contributed by atoms with Crippen LogP contribution in [0.4, 0.5) is 5.69 Å². The van der Waals surface area contributed by atoms with Crippen LogP contribution in [0.15, 0.2) is 59.5 Å². The number of hydrogen-bond acceptors (Lipinski definition) is 2. The average Bonchev–Trinajstić information content (AvgIpc) is 2.52. The molecule has 1 aromatic heterocycles. The van der Waals surface area contributed by atoms with Crippen molar-refractivity contribution in [2.75, 3.05) is 5.73 Å². The zero-order valence-corrected chi connectivity index (χ0v) is 12.9. The third-order valence-electron chi connectivity index (χ3n) is 4.00. The molecule has 112 valence electrons. The summed E-state index contributed by atoms with van der Waals surface area (Å²) >= 11 is 0. The lowest BCUT2D eigenvalue weighted by atomic mass is 10.0. The first-order chi connectivity index (χ1) is 10.5. The number of nitrogens with zero attached hydrogens (tertiary/aromatic N) is 1. The SMILES string of the molecule is CC(C)c1ccc2c(=O)n(Cc3ccc(N)cc3)ccc2c1. The van der Waals surface area contributed by atoms with E-state index in [1.165, 1.54) is 5.56 Å². The molecule has 0 radical (unpaired) electrons. The van der Waals surface area contributed by atoms with Crippen molar-refractivity contribution in [1.82, 2.24) is 4.57 Å². The Morgan fingerprint density at radius 3 is 2.45 bits per heavy atom. The van der Waals surface area contributed by atoms with E-state index in [4.69, 9.17) is 5.73 Å². The van der Waals surface area contributed by atoms with Crippen molar-refractivity contribution in [3.05, 3.63) is 76.2 Å². The molecule has 0 saturated heterocycles. The first-order valence-corrected chi connectivity index (χ1v) is 7.52. The van der Waals surface area contributed by atoms with Gasteiger partial charge in [0.15, 0.2) is 0 Å². The predicted octanol–water partition coefficient (Wildman–Crippen LogP) is 3.76. The first kappa shape index (κ1) is 14.4. The van der Waals surface area contributed by atoms with E-state index in [-0.39, 0.29) is 5.56 Å². The highest BCUT2D eigenvalue weighted by molar-refractivity contribution is 5.82. The fourth-order valence-electron chi connectivity index (χ4n) is 2.61. The van der Waals surface area contributed by atoms with Gasteiger partial charge in [0.1, 0.15) is 0 Å². The zero-order chi connectivity index (χ0) is 15.7. The Morgan fingerprint density at radius 2 is 1.77 bits per heavy atom. The van der Waals surface area contributed by atoms with Crippen LogP contribution >= 0.6 is 0 Å². The highest BCUT2D eigenvalue weighted by Crippen LogP contribution is 2.19. The number of pyridine rings is 1. The molecule has 1 heterocycles. The van der Waals surface area contributed by atoms with E-state index in [2.05, 4.69) is 19.9 Å². The van der Waals surface area contributed by atoms with Crippen LogP contribution in [0, 0.1) is 0 Å². The minimum atomic E-state index is 0.0460. The molecule has 0 bridgehead atoms. The largest absolute Gasteiger partial charge is 0.399 e. The molecule has 0 unspecified atom stereocenters. The highest BCUT2D eigenvalue weighted by atomic mass is 16.1. The van der Waals surface area contributed by atoms with Crippen molar-refractivity contribution in [1.29, 1.82) is 0 Å². The van der Waals surface area contributed by atoms with E-state index >= 15 is 0 Å². The van der Waals surface area contributed by atoms with Crippen LogP contribution in [0.25, 0.3) is 10.8 Å². The Labute approximate surface area is 130 Å². The number of rotatable bonds is 3. The molecule has 0 fully saturated rings. The molecular weight excluding hydrogens is 272 g/mol. The van der Waals surface area contributed by atoms with Gasteiger partial charge >= 0.3 is 0 Å². The third kappa shape index (κ3) is 2.75. The summed E-state index contributed by atoms with van der Waals surface area (Å²) in [6, 6.07) is 15.7.